The molecule has 0 aliphatic carbocycles. The standard InChI is InChI=1S/C14H18F2N4O3/c1-5-23-11(21)7-19-13(22)9-6-10(14(4,15)16)17-20(9)12(18-19)8(2)3/h6,8H,5,7H2,1-4H3. The van der Waals surface area contributed by atoms with Crippen LogP contribution in [0.15, 0.2) is 10.9 Å². The molecule has 2 aromatic rings. The number of aromatic nitrogens is 4. The van der Waals surface area contributed by atoms with Crippen molar-refractivity contribution in [2.24, 2.45) is 0 Å². The number of esters is 1. The summed E-state index contributed by atoms with van der Waals surface area (Å²) in [6.07, 6.45) is 0. The van der Waals surface area contributed by atoms with E-state index >= 15 is 0 Å². The van der Waals surface area contributed by atoms with Crippen LogP contribution in [0.3, 0.4) is 0 Å². The minimum atomic E-state index is -3.18. The fourth-order valence-corrected chi connectivity index (χ4v) is 2.06. The normalized spacial score (nSPS) is 12.1. The lowest BCUT2D eigenvalue weighted by molar-refractivity contribution is -0.144. The first-order valence-corrected chi connectivity index (χ1v) is 7.19. The Morgan fingerprint density at radius 2 is 2.04 bits per heavy atom. The number of hydrogen-bond donors (Lipinski definition) is 0. The van der Waals surface area contributed by atoms with Gasteiger partial charge in [-0.05, 0) is 13.0 Å². The highest BCUT2D eigenvalue weighted by Crippen LogP contribution is 2.26. The number of carbonyl (C=O) groups excluding carboxylic acids is 1. The summed E-state index contributed by atoms with van der Waals surface area (Å²) in [7, 11) is 0. The van der Waals surface area contributed by atoms with Gasteiger partial charge in [-0.3, -0.25) is 9.59 Å². The predicted molar refractivity (Wildman–Crippen MR) is 77.5 cm³/mol. The monoisotopic (exact) mass is 328 g/mol. The maximum Gasteiger partial charge on any atom is 0.327 e. The number of fused-ring (bicyclic) bond motifs is 1. The molecule has 23 heavy (non-hydrogen) atoms. The molecule has 0 aliphatic rings. The van der Waals surface area contributed by atoms with Crippen LogP contribution in [-0.4, -0.2) is 32.0 Å². The fraction of sp³-hybridized carbons (Fsp3) is 0.571. The van der Waals surface area contributed by atoms with Crippen molar-refractivity contribution in [3.63, 3.8) is 0 Å². The van der Waals surface area contributed by atoms with Gasteiger partial charge in [0.05, 0.1) is 6.61 Å². The summed E-state index contributed by atoms with van der Waals surface area (Å²) in [5, 5.41) is 7.87. The first kappa shape index (κ1) is 17.0. The average molecular weight is 328 g/mol. The first-order chi connectivity index (χ1) is 10.6. The summed E-state index contributed by atoms with van der Waals surface area (Å²) in [5.74, 6) is -3.69. The van der Waals surface area contributed by atoms with Crippen LogP contribution in [0.4, 0.5) is 8.78 Å². The number of nitrogens with zero attached hydrogens (tertiary/aromatic N) is 4. The minimum Gasteiger partial charge on any atom is -0.465 e. The quantitative estimate of drug-likeness (QED) is 0.781. The SMILES string of the molecule is CCOC(=O)Cn1nc(C(C)C)n2nc(C(C)(F)F)cc2c1=O. The van der Waals surface area contributed by atoms with Crippen molar-refractivity contribution in [3.05, 3.63) is 27.9 Å². The van der Waals surface area contributed by atoms with Crippen LogP contribution < -0.4 is 5.56 Å². The summed E-state index contributed by atoms with van der Waals surface area (Å²) in [6.45, 7) is 5.70. The molecule has 0 saturated heterocycles. The van der Waals surface area contributed by atoms with E-state index < -0.39 is 23.1 Å². The van der Waals surface area contributed by atoms with Crippen molar-refractivity contribution in [3.8, 4) is 0 Å². The number of halogens is 2. The van der Waals surface area contributed by atoms with E-state index in [9.17, 15) is 18.4 Å². The van der Waals surface area contributed by atoms with E-state index in [1.54, 1.807) is 20.8 Å². The van der Waals surface area contributed by atoms with E-state index in [4.69, 9.17) is 4.74 Å². The highest BCUT2D eigenvalue weighted by Gasteiger charge is 2.30. The zero-order valence-electron chi connectivity index (χ0n) is 13.3. The molecule has 0 amide bonds. The largest absolute Gasteiger partial charge is 0.465 e. The first-order valence-electron chi connectivity index (χ1n) is 7.19. The van der Waals surface area contributed by atoms with Crippen molar-refractivity contribution in [2.45, 2.75) is 46.1 Å². The lowest BCUT2D eigenvalue weighted by Gasteiger charge is -2.11. The average Bonchev–Trinajstić information content (AvgIpc) is 2.87. The molecular weight excluding hydrogens is 310 g/mol. The molecule has 0 spiro atoms. The number of ether oxygens (including phenoxy) is 1. The Hall–Kier alpha value is -2.32. The van der Waals surface area contributed by atoms with Gasteiger partial charge in [-0.15, -0.1) is 0 Å². The second kappa shape index (κ2) is 6.05. The Morgan fingerprint density at radius 3 is 2.57 bits per heavy atom. The Labute approximate surface area is 130 Å². The van der Waals surface area contributed by atoms with Gasteiger partial charge in [0.2, 0.25) is 0 Å². The lowest BCUT2D eigenvalue weighted by atomic mass is 10.2. The van der Waals surface area contributed by atoms with E-state index in [1.165, 1.54) is 0 Å². The van der Waals surface area contributed by atoms with Gasteiger partial charge in [0, 0.05) is 12.8 Å². The third-order valence-electron chi connectivity index (χ3n) is 3.15. The molecule has 0 aromatic carbocycles. The molecule has 7 nitrogen and oxygen atoms in total. The van der Waals surface area contributed by atoms with Crippen LogP contribution in [0.25, 0.3) is 5.52 Å². The van der Waals surface area contributed by atoms with Gasteiger partial charge in [-0.25, -0.2) is 9.20 Å². The number of alkyl halides is 2. The van der Waals surface area contributed by atoms with Gasteiger partial charge in [-0.2, -0.15) is 19.0 Å². The molecule has 2 aromatic heterocycles. The highest BCUT2D eigenvalue weighted by molar-refractivity contribution is 5.69. The third-order valence-corrected chi connectivity index (χ3v) is 3.15. The number of carbonyl (C=O) groups is 1. The topological polar surface area (TPSA) is 78.5 Å². The van der Waals surface area contributed by atoms with Crippen molar-refractivity contribution < 1.29 is 18.3 Å². The molecule has 0 unspecified atom stereocenters. The number of rotatable bonds is 5. The van der Waals surface area contributed by atoms with E-state index in [2.05, 4.69) is 10.2 Å². The van der Waals surface area contributed by atoms with Crippen molar-refractivity contribution in [2.75, 3.05) is 6.61 Å². The van der Waals surface area contributed by atoms with Crippen molar-refractivity contribution >= 4 is 11.5 Å². The van der Waals surface area contributed by atoms with Crippen LogP contribution in [0, 0.1) is 0 Å². The fourth-order valence-electron chi connectivity index (χ4n) is 2.06. The maximum atomic E-state index is 13.5. The minimum absolute atomic E-state index is 0.0514. The van der Waals surface area contributed by atoms with Gasteiger partial charge in [0.25, 0.3) is 11.5 Å². The van der Waals surface area contributed by atoms with Gasteiger partial charge < -0.3 is 4.74 Å². The highest BCUT2D eigenvalue weighted by atomic mass is 19.3. The molecule has 0 N–H and O–H groups in total. The molecule has 0 radical (unpaired) electrons. The van der Waals surface area contributed by atoms with Crippen LogP contribution in [0.1, 0.15) is 45.1 Å². The summed E-state index contributed by atoms with van der Waals surface area (Å²) in [4.78, 5) is 24.0. The van der Waals surface area contributed by atoms with Crippen LogP contribution in [0.2, 0.25) is 0 Å². The Bertz CT molecular complexity index is 790. The third kappa shape index (κ3) is 3.38. The zero-order valence-corrected chi connectivity index (χ0v) is 13.3. The van der Waals surface area contributed by atoms with Crippen LogP contribution >= 0.6 is 0 Å². The second-order valence-electron chi connectivity index (χ2n) is 5.50. The molecule has 0 saturated carbocycles. The van der Waals surface area contributed by atoms with Crippen LogP contribution in [-0.2, 0) is 22.0 Å². The van der Waals surface area contributed by atoms with E-state index in [0.29, 0.717) is 12.7 Å². The lowest BCUT2D eigenvalue weighted by Crippen LogP contribution is -2.31. The molecule has 0 atom stereocenters. The summed E-state index contributed by atoms with van der Waals surface area (Å²) in [5.41, 5.74) is -1.25. The van der Waals surface area contributed by atoms with Crippen molar-refractivity contribution in [1.82, 2.24) is 19.4 Å². The molecule has 2 rings (SSSR count). The Morgan fingerprint density at radius 1 is 1.39 bits per heavy atom. The number of hydrogen-bond acceptors (Lipinski definition) is 5. The zero-order chi connectivity index (χ0) is 17.4. The molecule has 0 aliphatic heterocycles. The van der Waals surface area contributed by atoms with Crippen molar-refractivity contribution in [1.29, 1.82) is 0 Å². The van der Waals surface area contributed by atoms with E-state index in [-0.39, 0.29) is 24.6 Å². The molecule has 2 heterocycles. The smallest absolute Gasteiger partial charge is 0.327 e. The predicted octanol–water partition coefficient (Wildman–Crippen LogP) is 1.69. The van der Waals surface area contributed by atoms with E-state index in [1.807, 2.05) is 0 Å². The van der Waals surface area contributed by atoms with Gasteiger partial charge in [-0.1, -0.05) is 13.8 Å². The van der Waals surface area contributed by atoms with Gasteiger partial charge in [0.1, 0.15) is 17.8 Å². The van der Waals surface area contributed by atoms with E-state index in [0.717, 1.165) is 15.3 Å². The van der Waals surface area contributed by atoms with Gasteiger partial charge in [0.15, 0.2) is 5.82 Å². The maximum absolute atomic E-state index is 13.5. The molecule has 0 fully saturated rings. The molecular formula is C14H18F2N4O3. The Balaban J connectivity index is 2.65. The molecule has 0 bridgehead atoms. The summed E-state index contributed by atoms with van der Waals surface area (Å²) in [6, 6.07) is 1.03. The van der Waals surface area contributed by atoms with Gasteiger partial charge >= 0.3 is 5.97 Å². The summed E-state index contributed by atoms with van der Waals surface area (Å²) < 4.78 is 33.8. The molecule has 9 heteroatoms. The Kier molecular flexibility index (Phi) is 4.49. The molecule has 126 valence electrons. The second-order valence-corrected chi connectivity index (χ2v) is 5.50. The van der Waals surface area contributed by atoms with Crippen LogP contribution in [0.5, 0.6) is 0 Å². The summed E-state index contributed by atoms with van der Waals surface area (Å²) >= 11 is 0.